The summed E-state index contributed by atoms with van der Waals surface area (Å²) >= 11 is 0. The molecule has 0 aromatic carbocycles. The predicted molar refractivity (Wildman–Crippen MR) is 66.6 cm³/mol. The van der Waals surface area contributed by atoms with E-state index in [0.717, 1.165) is 5.92 Å². The summed E-state index contributed by atoms with van der Waals surface area (Å²) in [5.74, 6) is 0.978. The molecule has 86 valence electrons. The van der Waals surface area contributed by atoms with Crippen LogP contribution in [0.2, 0.25) is 0 Å². The molecule has 0 saturated heterocycles. The highest BCUT2D eigenvalue weighted by Gasteiger charge is 2.17. The summed E-state index contributed by atoms with van der Waals surface area (Å²) in [5.41, 5.74) is 0.520. The molecule has 0 fully saturated rings. The summed E-state index contributed by atoms with van der Waals surface area (Å²) in [5, 5.41) is 0. The van der Waals surface area contributed by atoms with Crippen molar-refractivity contribution < 1.29 is 0 Å². The Labute approximate surface area is 91.5 Å². The van der Waals surface area contributed by atoms with E-state index in [4.69, 9.17) is 0 Å². The minimum Gasteiger partial charge on any atom is -0.0654 e. The quantitative estimate of drug-likeness (QED) is 0.479. The molecule has 0 radical (unpaired) electrons. The van der Waals surface area contributed by atoms with Crippen molar-refractivity contribution in [1.82, 2.24) is 0 Å². The third-order valence-corrected chi connectivity index (χ3v) is 2.81. The molecule has 1 atom stereocenters. The molecule has 1 unspecified atom stereocenters. The summed E-state index contributed by atoms with van der Waals surface area (Å²) < 4.78 is 0. The first-order valence-corrected chi connectivity index (χ1v) is 6.49. The average molecular weight is 198 g/mol. The van der Waals surface area contributed by atoms with Gasteiger partial charge in [-0.2, -0.15) is 0 Å². The Hall–Kier alpha value is 0. The minimum absolute atomic E-state index is 0.520. The standard InChI is InChI=1S/C14H30/c1-6-8-9-11-13(10-7-2)12-14(3,4)5/h13H,6-12H2,1-5H3. The zero-order valence-corrected chi connectivity index (χ0v) is 11.0. The van der Waals surface area contributed by atoms with Gasteiger partial charge in [-0.15, -0.1) is 0 Å². The molecule has 0 amide bonds. The lowest BCUT2D eigenvalue weighted by Gasteiger charge is -2.25. The van der Waals surface area contributed by atoms with Gasteiger partial charge in [-0.05, 0) is 17.8 Å². The molecule has 0 aromatic rings. The Balaban J connectivity index is 3.77. The highest BCUT2D eigenvalue weighted by molar-refractivity contribution is 4.69. The molecule has 0 heteroatoms. The Morgan fingerprint density at radius 1 is 0.857 bits per heavy atom. The lowest BCUT2D eigenvalue weighted by molar-refractivity contribution is 0.264. The fourth-order valence-electron chi connectivity index (χ4n) is 2.31. The van der Waals surface area contributed by atoms with E-state index < -0.39 is 0 Å². The van der Waals surface area contributed by atoms with Crippen LogP contribution in [0.4, 0.5) is 0 Å². The fourth-order valence-corrected chi connectivity index (χ4v) is 2.31. The van der Waals surface area contributed by atoms with E-state index in [9.17, 15) is 0 Å². The summed E-state index contributed by atoms with van der Waals surface area (Å²) in [7, 11) is 0. The largest absolute Gasteiger partial charge is 0.0654 e. The molecule has 0 aliphatic rings. The van der Waals surface area contributed by atoms with Gasteiger partial charge in [0.2, 0.25) is 0 Å². The zero-order chi connectivity index (χ0) is 11.0. The molecule has 0 aliphatic heterocycles. The zero-order valence-electron chi connectivity index (χ0n) is 11.0. The van der Waals surface area contributed by atoms with Crippen LogP contribution in [0.1, 0.15) is 79.6 Å². The van der Waals surface area contributed by atoms with E-state index in [-0.39, 0.29) is 0 Å². The molecular formula is C14H30. The maximum absolute atomic E-state index is 2.37. The van der Waals surface area contributed by atoms with E-state index in [1.54, 1.807) is 0 Å². The van der Waals surface area contributed by atoms with Crippen molar-refractivity contribution in [2.45, 2.75) is 79.6 Å². The lowest BCUT2D eigenvalue weighted by Crippen LogP contribution is -2.13. The van der Waals surface area contributed by atoms with Gasteiger partial charge in [-0.25, -0.2) is 0 Å². The van der Waals surface area contributed by atoms with Crippen molar-refractivity contribution in [2.75, 3.05) is 0 Å². The van der Waals surface area contributed by atoms with Crippen molar-refractivity contribution in [1.29, 1.82) is 0 Å². The van der Waals surface area contributed by atoms with Crippen LogP contribution in [-0.2, 0) is 0 Å². The van der Waals surface area contributed by atoms with Crippen LogP contribution >= 0.6 is 0 Å². The molecular weight excluding hydrogens is 168 g/mol. The monoisotopic (exact) mass is 198 g/mol. The van der Waals surface area contributed by atoms with Gasteiger partial charge in [0, 0.05) is 0 Å². The molecule has 0 spiro atoms. The second kappa shape index (κ2) is 7.31. The van der Waals surface area contributed by atoms with Gasteiger partial charge in [0.15, 0.2) is 0 Å². The van der Waals surface area contributed by atoms with Gasteiger partial charge in [-0.3, -0.25) is 0 Å². The number of unbranched alkanes of at least 4 members (excludes halogenated alkanes) is 2. The Kier molecular flexibility index (Phi) is 7.31. The van der Waals surface area contributed by atoms with Crippen molar-refractivity contribution in [3.63, 3.8) is 0 Å². The summed E-state index contributed by atoms with van der Waals surface area (Å²) in [4.78, 5) is 0. The topological polar surface area (TPSA) is 0 Å². The number of rotatable bonds is 7. The van der Waals surface area contributed by atoms with Crippen molar-refractivity contribution in [3.8, 4) is 0 Å². The molecule has 0 bridgehead atoms. The molecule has 0 N–H and O–H groups in total. The first kappa shape index (κ1) is 14.0. The van der Waals surface area contributed by atoms with Crippen LogP contribution in [0.15, 0.2) is 0 Å². The Bertz CT molecular complexity index is 118. The van der Waals surface area contributed by atoms with Crippen molar-refractivity contribution in [3.05, 3.63) is 0 Å². The first-order chi connectivity index (χ1) is 6.49. The smallest absolute Gasteiger partial charge is 0.0380 e. The van der Waals surface area contributed by atoms with E-state index in [1.807, 2.05) is 0 Å². The first-order valence-electron chi connectivity index (χ1n) is 6.49. The SMILES string of the molecule is CCCCCC(CCC)CC(C)(C)C. The van der Waals surface area contributed by atoms with E-state index >= 15 is 0 Å². The lowest BCUT2D eigenvalue weighted by atomic mass is 9.80. The number of hydrogen-bond acceptors (Lipinski definition) is 0. The molecule has 14 heavy (non-hydrogen) atoms. The summed E-state index contributed by atoms with van der Waals surface area (Å²) in [6.07, 6.45) is 9.87. The van der Waals surface area contributed by atoms with Gasteiger partial charge in [-0.1, -0.05) is 73.1 Å². The molecule has 0 heterocycles. The van der Waals surface area contributed by atoms with Crippen LogP contribution in [0.3, 0.4) is 0 Å². The van der Waals surface area contributed by atoms with Crippen LogP contribution in [0.5, 0.6) is 0 Å². The second-order valence-corrected chi connectivity index (χ2v) is 5.92. The summed E-state index contributed by atoms with van der Waals surface area (Å²) in [6.45, 7) is 11.7. The molecule has 0 nitrogen and oxygen atoms in total. The highest BCUT2D eigenvalue weighted by Crippen LogP contribution is 2.30. The molecule has 0 saturated carbocycles. The Morgan fingerprint density at radius 3 is 1.93 bits per heavy atom. The van der Waals surface area contributed by atoms with Crippen LogP contribution in [0, 0.1) is 11.3 Å². The third kappa shape index (κ3) is 8.59. The van der Waals surface area contributed by atoms with Gasteiger partial charge < -0.3 is 0 Å². The summed E-state index contributed by atoms with van der Waals surface area (Å²) in [6, 6.07) is 0. The van der Waals surface area contributed by atoms with E-state index in [2.05, 4.69) is 34.6 Å². The van der Waals surface area contributed by atoms with Crippen molar-refractivity contribution in [2.24, 2.45) is 11.3 Å². The number of hydrogen-bond donors (Lipinski definition) is 0. The normalized spacial score (nSPS) is 14.4. The van der Waals surface area contributed by atoms with Crippen LogP contribution in [0.25, 0.3) is 0 Å². The average Bonchev–Trinajstić information content (AvgIpc) is 2.02. The van der Waals surface area contributed by atoms with Crippen LogP contribution in [-0.4, -0.2) is 0 Å². The van der Waals surface area contributed by atoms with Gasteiger partial charge >= 0.3 is 0 Å². The molecule has 0 rings (SSSR count). The van der Waals surface area contributed by atoms with Crippen LogP contribution < -0.4 is 0 Å². The minimum atomic E-state index is 0.520. The van der Waals surface area contributed by atoms with E-state index in [1.165, 1.54) is 44.9 Å². The van der Waals surface area contributed by atoms with Gasteiger partial charge in [0.25, 0.3) is 0 Å². The second-order valence-electron chi connectivity index (χ2n) is 5.92. The molecule has 0 aliphatic carbocycles. The predicted octanol–water partition coefficient (Wildman–Crippen LogP) is 5.42. The van der Waals surface area contributed by atoms with Crippen molar-refractivity contribution >= 4 is 0 Å². The Morgan fingerprint density at radius 2 is 1.50 bits per heavy atom. The third-order valence-electron chi connectivity index (χ3n) is 2.81. The maximum Gasteiger partial charge on any atom is -0.0380 e. The fraction of sp³-hybridized carbons (Fsp3) is 1.00. The van der Waals surface area contributed by atoms with Gasteiger partial charge in [0.1, 0.15) is 0 Å². The molecule has 0 aromatic heterocycles. The maximum atomic E-state index is 2.37. The van der Waals surface area contributed by atoms with E-state index in [0.29, 0.717) is 5.41 Å². The van der Waals surface area contributed by atoms with Gasteiger partial charge in [0.05, 0.1) is 0 Å². The highest BCUT2D eigenvalue weighted by atomic mass is 14.2.